The van der Waals surface area contributed by atoms with E-state index < -0.39 is 11.9 Å². The second-order valence-electron chi connectivity index (χ2n) is 8.14. The Hall–Kier alpha value is -4.99. The number of methoxy groups -OCH3 is 1. The summed E-state index contributed by atoms with van der Waals surface area (Å²) in [4.78, 5) is 59.6. The number of nitrogens with zero attached hydrogens (tertiary/aromatic N) is 1. The first-order valence-electron chi connectivity index (χ1n) is 11.9. The maximum atomic E-state index is 12.5. The predicted octanol–water partition coefficient (Wildman–Crippen LogP) is 2.93. The number of hydrogen-bond acceptors (Lipinski definition) is 9. The standard InChI is InChI=1S/C29H27NO9/c1-20(19-28(34)36-2)29(35)39-18-17-38-24-10-6-22(7-11-24)25(31)12-5-21-3-8-23(9-4-21)37-16-15-30-26(32)13-14-27(30)33/h3-14H,1,15-19H2,2H3/b12-5+. The molecule has 2 amide bonds. The van der Waals surface area contributed by atoms with E-state index in [-0.39, 0.29) is 56.0 Å². The summed E-state index contributed by atoms with van der Waals surface area (Å²) >= 11 is 0. The van der Waals surface area contributed by atoms with E-state index in [0.717, 1.165) is 10.5 Å². The minimum atomic E-state index is -0.704. The molecule has 2 aromatic carbocycles. The zero-order valence-electron chi connectivity index (χ0n) is 21.3. The van der Waals surface area contributed by atoms with Gasteiger partial charge in [0.25, 0.3) is 11.8 Å². The van der Waals surface area contributed by atoms with Crippen molar-refractivity contribution in [1.29, 1.82) is 0 Å². The van der Waals surface area contributed by atoms with Gasteiger partial charge in [0.05, 0.1) is 20.1 Å². The molecule has 0 aliphatic carbocycles. The second-order valence-corrected chi connectivity index (χ2v) is 8.14. The molecule has 1 aliphatic rings. The molecule has 10 heteroatoms. The lowest BCUT2D eigenvalue weighted by molar-refractivity contribution is -0.144. The van der Waals surface area contributed by atoms with Gasteiger partial charge in [-0.25, -0.2) is 4.79 Å². The van der Waals surface area contributed by atoms with Crippen LogP contribution in [0.3, 0.4) is 0 Å². The van der Waals surface area contributed by atoms with Crippen molar-refractivity contribution < 1.29 is 42.9 Å². The normalized spacial score (nSPS) is 12.5. The Kier molecular flexibility index (Phi) is 10.3. The van der Waals surface area contributed by atoms with E-state index in [0.29, 0.717) is 17.1 Å². The van der Waals surface area contributed by atoms with Crippen LogP contribution in [-0.2, 0) is 28.7 Å². The number of hydrogen-bond donors (Lipinski definition) is 0. The smallest absolute Gasteiger partial charge is 0.334 e. The third-order valence-corrected chi connectivity index (χ3v) is 5.39. The van der Waals surface area contributed by atoms with E-state index in [1.807, 2.05) is 0 Å². The number of carbonyl (C=O) groups excluding carboxylic acids is 5. The Morgan fingerprint density at radius 3 is 2.05 bits per heavy atom. The Balaban J connectivity index is 1.38. The monoisotopic (exact) mass is 533 g/mol. The highest BCUT2D eigenvalue weighted by Gasteiger charge is 2.22. The maximum absolute atomic E-state index is 12.5. The van der Waals surface area contributed by atoms with Gasteiger partial charge in [-0.2, -0.15) is 0 Å². The number of carbonyl (C=O) groups is 5. The number of amides is 2. The third-order valence-electron chi connectivity index (χ3n) is 5.39. The zero-order chi connectivity index (χ0) is 28.2. The SMILES string of the molecule is C=C(CC(=O)OC)C(=O)OCCOc1ccc(C(=O)/C=C/c2ccc(OCCN3C(=O)C=CC3=O)cc2)cc1. The molecule has 0 fully saturated rings. The van der Waals surface area contributed by atoms with E-state index >= 15 is 0 Å². The lowest BCUT2D eigenvalue weighted by atomic mass is 10.1. The molecule has 0 unspecified atom stereocenters. The van der Waals surface area contributed by atoms with Crippen LogP contribution in [0.15, 0.2) is 78.9 Å². The Morgan fingerprint density at radius 1 is 0.846 bits per heavy atom. The fourth-order valence-electron chi connectivity index (χ4n) is 3.28. The molecule has 0 saturated heterocycles. The lowest BCUT2D eigenvalue weighted by Crippen LogP contribution is -2.33. The van der Waals surface area contributed by atoms with Gasteiger partial charge >= 0.3 is 11.9 Å². The number of ketones is 1. The van der Waals surface area contributed by atoms with Crippen molar-refractivity contribution in [3.05, 3.63) is 90.0 Å². The van der Waals surface area contributed by atoms with Gasteiger partial charge < -0.3 is 18.9 Å². The number of allylic oxidation sites excluding steroid dienone is 1. The molecule has 0 saturated carbocycles. The van der Waals surface area contributed by atoms with Crippen LogP contribution >= 0.6 is 0 Å². The molecule has 0 N–H and O–H groups in total. The maximum Gasteiger partial charge on any atom is 0.334 e. The first-order valence-corrected chi connectivity index (χ1v) is 11.9. The molecule has 0 bridgehead atoms. The van der Waals surface area contributed by atoms with Crippen LogP contribution in [0.4, 0.5) is 0 Å². The van der Waals surface area contributed by atoms with Crippen LogP contribution in [0, 0.1) is 0 Å². The summed E-state index contributed by atoms with van der Waals surface area (Å²) in [6.07, 6.45) is 5.33. The molecule has 0 radical (unpaired) electrons. The molecular weight excluding hydrogens is 506 g/mol. The van der Waals surface area contributed by atoms with Crippen molar-refractivity contribution in [1.82, 2.24) is 4.90 Å². The minimum Gasteiger partial charge on any atom is -0.492 e. The van der Waals surface area contributed by atoms with Crippen LogP contribution < -0.4 is 9.47 Å². The number of esters is 2. The molecule has 0 atom stereocenters. The van der Waals surface area contributed by atoms with E-state index in [2.05, 4.69) is 11.3 Å². The highest BCUT2D eigenvalue weighted by molar-refractivity contribution is 6.12. The molecule has 39 heavy (non-hydrogen) atoms. The highest BCUT2D eigenvalue weighted by atomic mass is 16.6. The van der Waals surface area contributed by atoms with Crippen LogP contribution in [0.25, 0.3) is 6.08 Å². The first-order chi connectivity index (χ1) is 18.8. The van der Waals surface area contributed by atoms with E-state index in [1.165, 1.54) is 25.3 Å². The largest absolute Gasteiger partial charge is 0.492 e. The summed E-state index contributed by atoms with van der Waals surface area (Å²) in [6, 6.07) is 13.5. The molecule has 0 aromatic heterocycles. The minimum absolute atomic E-state index is 0.00889. The molecular formula is C29H27NO9. The topological polar surface area (TPSA) is 126 Å². The van der Waals surface area contributed by atoms with E-state index in [4.69, 9.17) is 14.2 Å². The number of ether oxygens (including phenoxy) is 4. The summed E-state index contributed by atoms with van der Waals surface area (Å²) < 4.78 is 20.5. The lowest BCUT2D eigenvalue weighted by Gasteiger charge is -2.14. The van der Waals surface area contributed by atoms with Crippen molar-refractivity contribution in [3.8, 4) is 11.5 Å². The van der Waals surface area contributed by atoms with Crippen LogP contribution in [-0.4, -0.2) is 67.9 Å². The van der Waals surface area contributed by atoms with E-state index in [1.54, 1.807) is 54.6 Å². The Morgan fingerprint density at radius 2 is 1.44 bits per heavy atom. The number of rotatable bonds is 14. The van der Waals surface area contributed by atoms with Gasteiger partial charge in [-0.15, -0.1) is 0 Å². The molecule has 1 aliphatic heterocycles. The van der Waals surface area contributed by atoms with Crippen molar-refractivity contribution in [2.24, 2.45) is 0 Å². The van der Waals surface area contributed by atoms with Gasteiger partial charge in [-0.1, -0.05) is 24.8 Å². The highest BCUT2D eigenvalue weighted by Crippen LogP contribution is 2.16. The van der Waals surface area contributed by atoms with Crippen LogP contribution in [0.5, 0.6) is 11.5 Å². The van der Waals surface area contributed by atoms with Crippen molar-refractivity contribution in [2.75, 3.05) is 33.5 Å². The molecule has 0 spiro atoms. The summed E-state index contributed by atoms with van der Waals surface area (Å²) in [5.74, 6) is -1.13. The zero-order valence-corrected chi connectivity index (χ0v) is 21.3. The van der Waals surface area contributed by atoms with Crippen molar-refractivity contribution in [3.63, 3.8) is 0 Å². The Labute approximate surface area is 225 Å². The summed E-state index contributed by atoms with van der Waals surface area (Å²) in [6.45, 7) is 3.86. The average molecular weight is 534 g/mol. The second kappa shape index (κ2) is 14.1. The van der Waals surface area contributed by atoms with Gasteiger partial charge in [0.2, 0.25) is 0 Å². The predicted molar refractivity (Wildman–Crippen MR) is 140 cm³/mol. The first kappa shape index (κ1) is 28.6. The molecule has 1 heterocycles. The fraction of sp³-hybridized carbons (Fsp3) is 0.207. The summed E-state index contributed by atoms with van der Waals surface area (Å²) in [5, 5.41) is 0. The van der Waals surface area contributed by atoms with Crippen LogP contribution in [0.1, 0.15) is 22.3 Å². The quantitative estimate of drug-likeness (QED) is 0.118. The average Bonchev–Trinajstić information content (AvgIpc) is 3.27. The van der Waals surface area contributed by atoms with Crippen molar-refractivity contribution >= 4 is 35.6 Å². The molecule has 3 rings (SSSR count). The van der Waals surface area contributed by atoms with Crippen molar-refractivity contribution in [2.45, 2.75) is 6.42 Å². The van der Waals surface area contributed by atoms with E-state index in [9.17, 15) is 24.0 Å². The van der Waals surface area contributed by atoms with Gasteiger partial charge in [-0.05, 0) is 48.0 Å². The number of imide groups is 1. The van der Waals surface area contributed by atoms with Gasteiger partial charge in [0.15, 0.2) is 5.78 Å². The van der Waals surface area contributed by atoms with Gasteiger partial charge in [-0.3, -0.25) is 24.1 Å². The number of benzene rings is 2. The Bertz CT molecular complexity index is 1270. The summed E-state index contributed by atoms with van der Waals surface area (Å²) in [7, 11) is 1.22. The molecule has 2 aromatic rings. The van der Waals surface area contributed by atoms with Crippen LogP contribution in [0.2, 0.25) is 0 Å². The molecule has 10 nitrogen and oxygen atoms in total. The van der Waals surface area contributed by atoms with Gasteiger partial charge in [0, 0.05) is 23.3 Å². The van der Waals surface area contributed by atoms with Gasteiger partial charge in [0.1, 0.15) is 31.3 Å². The summed E-state index contributed by atoms with van der Waals surface area (Å²) in [5.41, 5.74) is 1.24. The fourth-order valence-corrected chi connectivity index (χ4v) is 3.28. The third kappa shape index (κ3) is 8.81. The molecule has 202 valence electrons.